The van der Waals surface area contributed by atoms with Gasteiger partial charge in [-0.2, -0.15) is 5.10 Å². The number of hydrogen-bond donors (Lipinski definition) is 1. The zero-order valence-electron chi connectivity index (χ0n) is 14.3. The molecule has 1 N–H and O–H groups in total. The molecule has 0 bridgehead atoms. The average molecular weight is 350 g/mol. The van der Waals surface area contributed by atoms with E-state index in [0.29, 0.717) is 36.0 Å². The van der Waals surface area contributed by atoms with E-state index in [0.717, 1.165) is 5.56 Å². The van der Waals surface area contributed by atoms with E-state index in [1.807, 2.05) is 36.4 Å². The van der Waals surface area contributed by atoms with Gasteiger partial charge >= 0.3 is 0 Å². The second-order valence-corrected chi connectivity index (χ2v) is 6.01. The van der Waals surface area contributed by atoms with E-state index in [-0.39, 0.29) is 12.0 Å². The molecular formula is C19H18N4O3. The molecule has 132 valence electrons. The number of hydrogen-bond acceptors (Lipinski definition) is 5. The highest BCUT2D eigenvalue weighted by atomic mass is 16.5. The molecule has 26 heavy (non-hydrogen) atoms. The Morgan fingerprint density at radius 2 is 2.08 bits per heavy atom. The number of nitrogens with zero attached hydrogens (tertiary/aromatic N) is 3. The fraction of sp³-hybridized carbons (Fsp3) is 0.211. The highest BCUT2D eigenvalue weighted by Crippen LogP contribution is 2.29. The van der Waals surface area contributed by atoms with Gasteiger partial charge in [-0.3, -0.25) is 14.9 Å². The summed E-state index contributed by atoms with van der Waals surface area (Å²) in [5, 5.41) is 7.07. The van der Waals surface area contributed by atoms with E-state index in [9.17, 15) is 4.79 Å². The SMILES string of the molecule is COc1ccccc1-c1cc(C(=O)N2CC(Oc3cccnc3)C2)[nH]n1. The van der Waals surface area contributed by atoms with E-state index < -0.39 is 0 Å². The van der Waals surface area contributed by atoms with Crippen LogP contribution in [0.15, 0.2) is 54.9 Å². The third-order valence-electron chi connectivity index (χ3n) is 4.26. The fourth-order valence-corrected chi connectivity index (χ4v) is 2.88. The average Bonchev–Trinajstić information content (AvgIpc) is 3.14. The number of nitrogens with one attached hydrogen (secondary N) is 1. The summed E-state index contributed by atoms with van der Waals surface area (Å²) < 4.78 is 11.1. The molecule has 0 saturated carbocycles. The summed E-state index contributed by atoms with van der Waals surface area (Å²) in [6.45, 7) is 1.08. The number of H-pyrrole nitrogens is 1. The number of benzene rings is 1. The first-order valence-electron chi connectivity index (χ1n) is 8.29. The van der Waals surface area contributed by atoms with Gasteiger partial charge in [0.15, 0.2) is 0 Å². The largest absolute Gasteiger partial charge is 0.496 e. The fourth-order valence-electron chi connectivity index (χ4n) is 2.88. The summed E-state index contributed by atoms with van der Waals surface area (Å²) in [4.78, 5) is 18.3. The van der Waals surface area contributed by atoms with E-state index >= 15 is 0 Å². The van der Waals surface area contributed by atoms with Gasteiger partial charge in [-0.1, -0.05) is 12.1 Å². The summed E-state index contributed by atoms with van der Waals surface area (Å²) in [7, 11) is 1.61. The summed E-state index contributed by atoms with van der Waals surface area (Å²) in [5.74, 6) is 1.33. The van der Waals surface area contributed by atoms with Gasteiger partial charge in [-0.25, -0.2) is 0 Å². The van der Waals surface area contributed by atoms with Gasteiger partial charge in [0, 0.05) is 11.8 Å². The number of carbonyl (C=O) groups is 1. The van der Waals surface area contributed by atoms with Crippen molar-refractivity contribution in [2.75, 3.05) is 20.2 Å². The second-order valence-electron chi connectivity index (χ2n) is 6.01. The van der Waals surface area contributed by atoms with Crippen molar-refractivity contribution < 1.29 is 14.3 Å². The minimum Gasteiger partial charge on any atom is -0.496 e. The van der Waals surface area contributed by atoms with E-state index in [1.165, 1.54) is 0 Å². The number of para-hydroxylation sites is 1. The highest BCUT2D eigenvalue weighted by molar-refractivity contribution is 5.94. The zero-order valence-corrected chi connectivity index (χ0v) is 14.3. The van der Waals surface area contributed by atoms with Crippen LogP contribution in [0.25, 0.3) is 11.3 Å². The van der Waals surface area contributed by atoms with Crippen LogP contribution in [-0.4, -0.2) is 52.3 Å². The molecule has 4 rings (SSSR count). The van der Waals surface area contributed by atoms with Crippen molar-refractivity contribution in [3.8, 4) is 22.8 Å². The van der Waals surface area contributed by atoms with Gasteiger partial charge in [-0.05, 0) is 30.3 Å². The topological polar surface area (TPSA) is 80.3 Å². The molecule has 1 aliphatic rings. The Morgan fingerprint density at radius 3 is 2.85 bits per heavy atom. The maximum absolute atomic E-state index is 12.6. The lowest BCUT2D eigenvalue weighted by atomic mass is 10.1. The van der Waals surface area contributed by atoms with Crippen LogP contribution in [0.2, 0.25) is 0 Å². The third kappa shape index (κ3) is 3.11. The maximum atomic E-state index is 12.6. The monoisotopic (exact) mass is 350 g/mol. The zero-order chi connectivity index (χ0) is 17.9. The standard InChI is InChI=1S/C19H18N4O3/c1-25-18-7-3-2-6-15(18)16-9-17(22-21-16)19(24)23-11-14(12-23)26-13-5-4-8-20-10-13/h2-10,14H,11-12H2,1H3,(H,21,22). The van der Waals surface area contributed by atoms with Crippen molar-refractivity contribution in [3.05, 3.63) is 60.6 Å². The lowest BCUT2D eigenvalue weighted by Crippen LogP contribution is -2.56. The first kappa shape index (κ1) is 16.1. The normalized spacial score (nSPS) is 14.0. The first-order valence-corrected chi connectivity index (χ1v) is 8.29. The predicted octanol–water partition coefficient (Wildman–Crippen LogP) is 2.38. The van der Waals surface area contributed by atoms with E-state index in [4.69, 9.17) is 9.47 Å². The molecule has 2 aromatic heterocycles. The van der Waals surface area contributed by atoms with Crippen LogP contribution < -0.4 is 9.47 Å². The maximum Gasteiger partial charge on any atom is 0.272 e. The second kappa shape index (κ2) is 6.87. The molecule has 3 heterocycles. The predicted molar refractivity (Wildman–Crippen MR) is 95.1 cm³/mol. The third-order valence-corrected chi connectivity index (χ3v) is 4.26. The number of carbonyl (C=O) groups excluding carboxylic acids is 1. The Hall–Kier alpha value is -3.35. The molecule has 1 amide bonds. The van der Waals surface area contributed by atoms with Crippen LogP contribution in [0.3, 0.4) is 0 Å². The van der Waals surface area contributed by atoms with Crippen LogP contribution in [0.1, 0.15) is 10.5 Å². The number of pyridine rings is 1. The van der Waals surface area contributed by atoms with Gasteiger partial charge < -0.3 is 14.4 Å². The number of aromatic amines is 1. The van der Waals surface area contributed by atoms with Crippen molar-refractivity contribution >= 4 is 5.91 Å². The number of rotatable bonds is 5. The van der Waals surface area contributed by atoms with Crippen LogP contribution in [0.4, 0.5) is 0 Å². The first-order chi connectivity index (χ1) is 12.7. The molecule has 1 aromatic carbocycles. The molecule has 0 unspecified atom stereocenters. The summed E-state index contributed by atoms with van der Waals surface area (Å²) in [6.07, 6.45) is 3.35. The van der Waals surface area contributed by atoms with E-state index in [1.54, 1.807) is 30.5 Å². The van der Waals surface area contributed by atoms with Crippen LogP contribution >= 0.6 is 0 Å². The Morgan fingerprint density at radius 1 is 1.23 bits per heavy atom. The molecule has 0 aliphatic carbocycles. The molecule has 0 spiro atoms. The van der Waals surface area contributed by atoms with Gasteiger partial charge in [0.1, 0.15) is 23.3 Å². The minimum atomic E-state index is -0.0929. The molecule has 1 fully saturated rings. The summed E-state index contributed by atoms with van der Waals surface area (Å²) in [5.41, 5.74) is 1.96. The Balaban J connectivity index is 1.40. The molecule has 1 saturated heterocycles. The van der Waals surface area contributed by atoms with Crippen LogP contribution in [0.5, 0.6) is 11.5 Å². The van der Waals surface area contributed by atoms with Crippen molar-refractivity contribution in [3.63, 3.8) is 0 Å². The molecule has 7 heteroatoms. The molecule has 3 aromatic rings. The smallest absolute Gasteiger partial charge is 0.272 e. The highest BCUT2D eigenvalue weighted by Gasteiger charge is 2.33. The molecule has 7 nitrogen and oxygen atoms in total. The minimum absolute atomic E-state index is 0.0141. The Labute approximate surface area is 150 Å². The quantitative estimate of drug-likeness (QED) is 0.764. The number of likely N-dealkylation sites (tertiary alicyclic amines) is 1. The Kier molecular flexibility index (Phi) is 4.27. The number of amides is 1. The van der Waals surface area contributed by atoms with Gasteiger partial charge in [-0.15, -0.1) is 0 Å². The molecule has 0 radical (unpaired) electrons. The van der Waals surface area contributed by atoms with Crippen molar-refractivity contribution in [2.24, 2.45) is 0 Å². The van der Waals surface area contributed by atoms with Gasteiger partial charge in [0.2, 0.25) is 0 Å². The summed E-state index contributed by atoms with van der Waals surface area (Å²) in [6, 6.07) is 13.0. The number of aromatic nitrogens is 3. The van der Waals surface area contributed by atoms with Crippen molar-refractivity contribution in [1.29, 1.82) is 0 Å². The van der Waals surface area contributed by atoms with E-state index in [2.05, 4.69) is 15.2 Å². The molecular weight excluding hydrogens is 332 g/mol. The number of methoxy groups -OCH3 is 1. The lowest BCUT2D eigenvalue weighted by molar-refractivity contribution is 0.0172. The van der Waals surface area contributed by atoms with Gasteiger partial charge in [0.25, 0.3) is 5.91 Å². The molecule has 0 atom stereocenters. The van der Waals surface area contributed by atoms with Gasteiger partial charge in [0.05, 0.1) is 32.1 Å². The Bertz CT molecular complexity index is 904. The summed E-state index contributed by atoms with van der Waals surface area (Å²) >= 11 is 0. The van der Waals surface area contributed by atoms with Crippen molar-refractivity contribution in [2.45, 2.75) is 6.10 Å². The lowest BCUT2D eigenvalue weighted by Gasteiger charge is -2.38. The van der Waals surface area contributed by atoms with Crippen LogP contribution in [-0.2, 0) is 0 Å². The molecule has 1 aliphatic heterocycles. The number of ether oxygens (including phenoxy) is 2. The van der Waals surface area contributed by atoms with Crippen LogP contribution in [0, 0.1) is 0 Å². The van der Waals surface area contributed by atoms with Crippen molar-refractivity contribution in [1.82, 2.24) is 20.1 Å².